The van der Waals surface area contributed by atoms with Crippen molar-refractivity contribution in [1.29, 1.82) is 0 Å². The third-order valence-electron chi connectivity index (χ3n) is 4.52. The number of likely N-dealkylation sites (tertiary alicyclic amines) is 1. The maximum Gasteiger partial charge on any atom is 0.309 e. The van der Waals surface area contributed by atoms with Crippen LogP contribution in [0.15, 0.2) is 30.3 Å². The molecular formula is C19H25N3O2. The summed E-state index contributed by atoms with van der Waals surface area (Å²) in [6.45, 7) is 4.58. The zero-order chi connectivity index (χ0) is 16.8. The summed E-state index contributed by atoms with van der Waals surface area (Å²) in [6.07, 6.45) is 4.94. The molecule has 24 heavy (non-hydrogen) atoms. The van der Waals surface area contributed by atoms with E-state index < -0.39 is 5.97 Å². The lowest BCUT2D eigenvalue weighted by atomic mass is 10.1. The molecule has 5 nitrogen and oxygen atoms in total. The minimum absolute atomic E-state index is 0.0471. The highest BCUT2D eigenvalue weighted by Gasteiger charge is 2.11. The van der Waals surface area contributed by atoms with Gasteiger partial charge in [-0.2, -0.15) is 0 Å². The zero-order valence-corrected chi connectivity index (χ0v) is 14.0. The van der Waals surface area contributed by atoms with E-state index in [2.05, 4.69) is 15.2 Å². The Hall–Kier alpha value is -2.14. The maximum atomic E-state index is 11.0. The molecule has 0 saturated carbocycles. The first-order valence-corrected chi connectivity index (χ1v) is 8.79. The van der Waals surface area contributed by atoms with Crippen molar-refractivity contribution in [2.24, 2.45) is 0 Å². The molecule has 1 aromatic heterocycles. The van der Waals surface area contributed by atoms with Gasteiger partial charge in [0.1, 0.15) is 0 Å². The van der Waals surface area contributed by atoms with E-state index in [9.17, 15) is 4.79 Å². The van der Waals surface area contributed by atoms with Crippen molar-refractivity contribution in [3.8, 4) is 0 Å². The van der Waals surface area contributed by atoms with E-state index in [0.717, 1.165) is 29.6 Å². The summed E-state index contributed by atoms with van der Waals surface area (Å²) in [7, 11) is 0. The second kappa shape index (κ2) is 8.11. The summed E-state index contributed by atoms with van der Waals surface area (Å²) in [5.74, 6) is -0.852. The highest BCUT2D eigenvalue weighted by Crippen LogP contribution is 2.23. The number of aromatic nitrogens is 1. The normalized spacial score (nSPS) is 15.0. The zero-order valence-electron chi connectivity index (χ0n) is 14.0. The van der Waals surface area contributed by atoms with Gasteiger partial charge in [-0.1, -0.05) is 18.2 Å². The van der Waals surface area contributed by atoms with Gasteiger partial charge in [-0.05, 0) is 57.5 Å². The monoisotopic (exact) mass is 327 g/mol. The largest absolute Gasteiger partial charge is 0.481 e. The molecule has 1 fully saturated rings. The molecule has 0 radical (unpaired) electrons. The third-order valence-corrected chi connectivity index (χ3v) is 4.52. The molecule has 3 rings (SSSR count). The average molecular weight is 327 g/mol. The summed E-state index contributed by atoms with van der Waals surface area (Å²) in [5, 5.41) is 13.5. The van der Waals surface area contributed by atoms with Crippen LogP contribution in [0, 0.1) is 0 Å². The van der Waals surface area contributed by atoms with Crippen molar-refractivity contribution in [1.82, 2.24) is 9.88 Å². The number of nitrogens with zero attached hydrogens (tertiary/aromatic N) is 2. The summed E-state index contributed by atoms with van der Waals surface area (Å²) in [4.78, 5) is 18.0. The fourth-order valence-electron chi connectivity index (χ4n) is 3.31. The molecule has 128 valence electrons. The molecule has 5 heteroatoms. The quantitative estimate of drug-likeness (QED) is 0.729. The minimum atomic E-state index is -0.852. The van der Waals surface area contributed by atoms with E-state index in [-0.39, 0.29) is 6.42 Å². The fraction of sp³-hybridized carbons (Fsp3) is 0.474. The second-order valence-electron chi connectivity index (χ2n) is 6.43. The van der Waals surface area contributed by atoms with Gasteiger partial charge in [0.15, 0.2) is 0 Å². The van der Waals surface area contributed by atoms with Crippen molar-refractivity contribution in [2.45, 2.75) is 32.1 Å². The molecule has 1 aliphatic heterocycles. The molecule has 1 saturated heterocycles. The number of para-hydroxylation sites is 1. The number of hydrogen-bond acceptors (Lipinski definition) is 4. The lowest BCUT2D eigenvalue weighted by Crippen LogP contribution is -2.20. The number of fused-ring (bicyclic) bond motifs is 1. The van der Waals surface area contributed by atoms with E-state index >= 15 is 0 Å². The van der Waals surface area contributed by atoms with Gasteiger partial charge in [-0.25, -0.2) is 0 Å². The number of nitrogens with one attached hydrogen (secondary N) is 1. The number of benzene rings is 1. The van der Waals surface area contributed by atoms with Gasteiger partial charge in [0.25, 0.3) is 0 Å². The predicted molar refractivity (Wildman–Crippen MR) is 96.5 cm³/mol. The first-order valence-electron chi connectivity index (χ1n) is 8.79. The van der Waals surface area contributed by atoms with Crippen LogP contribution in [0.5, 0.6) is 0 Å². The van der Waals surface area contributed by atoms with E-state index in [1.807, 2.05) is 30.3 Å². The number of pyridine rings is 1. The number of carboxylic acids is 1. The van der Waals surface area contributed by atoms with Gasteiger partial charge in [0.2, 0.25) is 0 Å². The third kappa shape index (κ3) is 4.45. The fourth-order valence-corrected chi connectivity index (χ4v) is 3.31. The van der Waals surface area contributed by atoms with Crippen LogP contribution in [-0.4, -0.2) is 47.1 Å². The lowest BCUT2D eigenvalue weighted by Gasteiger charge is -2.15. The highest BCUT2D eigenvalue weighted by atomic mass is 16.4. The molecule has 0 atom stereocenters. The summed E-state index contributed by atoms with van der Waals surface area (Å²) >= 11 is 0. The van der Waals surface area contributed by atoms with Crippen molar-refractivity contribution in [2.75, 3.05) is 31.5 Å². The molecule has 0 amide bonds. The molecule has 0 spiro atoms. The second-order valence-corrected chi connectivity index (χ2v) is 6.43. The predicted octanol–water partition coefficient (Wildman–Crippen LogP) is 3.15. The smallest absolute Gasteiger partial charge is 0.309 e. The Kier molecular flexibility index (Phi) is 5.64. The maximum absolute atomic E-state index is 11.0. The van der Waals surface area contributed by atoms with Crippen LogP contribution in [-0.2, 0) is 11.2 Å². The van der Waals surface area contributed by atoms with Crippen LogP contribution in [0.25, 0.3) is 10.9 Å². The van der Waals surface area contributed by atoms with Crippen molar-refractivity contribution in [3.63, 3.8) is 0 Å². The molecule has 1 aliphatic rings. The molecule has 2 N–H and O–H groups in total. The van der Waals surface area contributed by atoms with Gasteiger partial charge in [0.05, 0.1) is 17.6 Å². The van der Waals surface area contributed by atoms with Gasteiger partial charge >= 0.3 is 5.97 Å². The van der Waals surface area contributed by atoms with E-state index in [4.69, 9.17) is 5.11 Å². The van der Waals surface area contributed by atoms with Crippen molar-refractivity contribution >= 4 is 22.6 Å². The summed E-state index contributed by atoms with van der Waals surface area (Å²) in [6, 6.07) is 9.74. The van der Waals surface area contributed by atoms with E-state index in [1.54, 1.807) is 0 Å². The Morgan fingerprint density at radius 2 is 2.00 bits per heavy atom. The van der Waals surface area contributed by atoms with Gasteiger partial charge in [-0.3, -0.25) is 9.78 Å². The van der Waals surface area contributed by atoms with Crippen molar-refractivity contribution in [3.05, 3.63) is 36.0 Å². The van der Waals surface area contributed by atoms with Gasteiger partial charge in [0, 0.05) is 17.6 Å². The molecule has 2 heterocycles. The Morgan fingerprint density at radius 1 is 1.21 bits per heavy atom. The van der Waals surface area contributed by atoms with Crippen LogP contribution in [0.3, 0.4) is 0 Å². The first-order chi connectivity index (χ1) is 11.7. The highest BCUT2D eigenvalue weighted by molar-refractivity contribution is 5.91. The van der Waals surface area contributed by atoms with Gasteiger partial charge < -0.3 is 15.3 Å². The standard InChI is InChI=1S/C19H25N3O2/c23-19(24)14-15-13-18(16-7-1-2-8-17(16)21-15)20-9-3-4-10-22-11-5-6-12-22/h1-2,7-8,13H,3-6,9-12,14H2,(H,20,21)(H,23,24). The first kappa shape index (κ1) is 16.7. The summed E-state index contributed by atoms with van der Waals surface area (Å²) in [5.41, 5.74) is 2.43. The lowest BCUT2D eigenvalue weighted by molar-refractivity contribution is -0.136. The van der Waals surface area contributed by atoms with E-state index in [1.165, 1.54) is 38.9 Å². The van der Waals surface area contributed by atoms with Crippen LogP contribution in [0.4, 0.5) is 5.69 Å². The number of hydrogen-bond donors (Lipinski definition) is 2. The average Bonchev–Trinajstić information content (AvgIpc) is 3.07. The number of carboxylic acid groups (broad SMARTS) is 1. The Morgan fingerprint density at radius 3 is 2.79 bits per heavy atom. The van der Waals surface area contributed by atoms with Crippen LogP contribution in [0.2, 0.25) is 0 Å². The van der Waals surface area contributed by atoms with Crippen LogP contribution >= 0.6 is 0 Å². The molecule has 1 aromatic carbocycles. The topological polar surface area (TPSA) is 65.5 Å². The number of rotatable bonds is 8. The number of anilines is 1. The number of aliphatic carboxylic acids is 1. The minimum Gasteiger partial charge on any atom is -0.481 e. The van der Waals surface area contributed by atoms with Crippen LogP contribution in [0.1, 0.15) is 31.4 Å². The Labute approximate surface area is 142 Å². The Balaban J connectivity index is 1.60. The van der Waals surface area contributed by atoms with Crippen LogP contribution < -0.4 is 5.32 Å². The van der Waals surface area contributed by atoms with E-state index in [0.29, 0.717) is 5.69 Å². The summed E-state index contributed by atoms with van der Waals surface area (Å²) < 4.78 is 0. The van der Waals surface area contributed by atoms with Gasteiger partial charge in [-0.15, -0.1) is 0 Å². The Bertz CT molecular complexity index is 696. The number of carbonyl (C=O) groups is 1. The van der Waals surface area contributed by atoms with Crippen molar-refractivity contribution < 1.29 is 9.90 Å². The SMILES string of the molecule is O=C(O)Cc1cc(NCCCCN2CCCC2)c2ccccc2n1. The molecule has 0 aliphatic carbocycles. The molecule has 2 aromatic rings. The molecule has 0 bridgehead atoms. The molecule has 0 unspecified atom stereocenters. The number of unbranched alkanes of at least 4 members (excludes halogenated alkanes) is 1. The molecular weight excluding hydrogens is 302 g/mol.